The molecule has 34 heavy (non-hydrogen) atoms. The molecule has 1 heterocycles. The summed E-state index contributed by atoms with van der Waals surface area (Å²) >= 11 is 5.82. The Balaban J connectivity index is 2.30. The van der Waals surface area contributed by atoms with Gasteiger partial charge in [0.2, 0.25) is 11.9 Å². The number of rotatable bonds is 9. The minimum Gasteiger partial charge on any atom is -0.391 e. The highest BCUT2D eigenvalue weighted by Gasteiger charge is 2.33. The molecule has 1 aromatic heterocycles. The molecule has 2 aromatic rings. The number of nitrogens with one attached hydrogen (secondary N) is 3. The number of carbonyl (C=O) groups excluding carboxylic acids is 1. The van der Waals surface area contributed by atoms with Gasteiger partial charge in [-0.25, -0.2) is 8.42 Å². The van der Waals surface area contributed by atoms with Crippen molar-refractivity contribution in [1.29, 1.82) is 0 Å². The number of nitrogens with zero attached hydrogens (tertiary/aromatic N) is 1. The molecule has 0 saturated heterocycles. The number of aryl methyl sites for hydroxylation is 1. The number of anilines is 1. The van der Waals surface area contributed by atoms with E-state index < -0.39 is 55.3 Å². The zero-order chi connectivity index (χ0) is 25.7. The topological polar surface area (TPSA) is 182 Å². The Morgan fingerprint density at radius 2 is 1.94 bits per heavy atom. The lowest BCUT2D eigenvalue weighted by Crippen LogP contribution is -2.30. The SMILES string of the molecule is Cc1cc(CC(=O)NCCON=C(N)N)c(NS(=O)(=O)c2cc(C(F)(F)F)ccc2Cl)c(=O)[nH]1. The Labute approximate surface area is 196 Å². The van der Waals surface area contributed by atoms with Gasteiger partial charge in [0.15, 0.2) is 0 Å². The number of pyridine rings is 1. The second kappa shape index (κ2) is 10.6. The normalized spacial score (nSPS) is 11.6. The minimum absolute atomic E-state index is 0.0152. The first kappa shape index (κ1) is 26.8. The second-order valence-electron chi connectivity index (χ2n) is 6.81. The number of amides is 1. The molecule has 7 N–H and O–H groups in total. The Kier molecular flexibility index (Phi) is 8.39. The largest absolute Gasteiger partial charge is 0.416 e. The van der Waals surface area contributed by atoms with Crippen LogP contribution in [0.5, 0.6) is 0 Å². The summed E-state index contributed by atoms with van der Waals surface area (Å²) in [6.45, 7) is 1.40. The van der Waals surface area contributed by atoms with E-state index in [1.807, 2.05) is 4.72 Å². The zero-order valence-electron chi connectivity index (χ0n) is 17.5. The van der Waals surface area contributed by atoms with Gasteiger partial charge in [-0.1, -0.05) is 11.6 Å². The molecule has 0 fully saturated rings. The number of benzene rings is 1. The molecular formula is C18H20ClF3N6O5S. The molecule has 0 aliphatic heterocycles. The van der Waals surface area contributed by atoms with Crippen LogP contribution in [0.1, 0.15) is 16.8 Å². The summed E-state index contributed by atoms with van der Waals surface area (Å²) in [6, 6.07) is 3.07. The van der Waals surface area contributed by atoms with Gasteiger partial charge in [0.25, 0.3) is 15.6 Å². The van der Waals surface area contributed by atoms with Crippen LogP contribution in [-0.2, 0) is 32.3 Å². The Hall–Kier alpha value is -3.46. The fraction of sp³-hybridized carbons (Fsp3) is 0.278. The summed E-state index contributed by atoms with van der Waals surface area (Å²) in [5.74, 6) is -0.932. The third-order valence-electron chi connectivity index (χ3n) is 4.07. The lowest BCUT2D eigenvalue weighted by molar-refractivity contribution is -0.137. The number of oxime groups is 1. The summed E-state index contributed by atoms with van der Waals surface area (Å²) in [5, 5.41) is 5.21. The van der Waals surface area contributed by atoms with Gasteiger partial charge in [-0.05, 0) is 41.9 Å². The fourth-order valence-electron chi connectivity index (χ4n) is 2.68. The van der Waals surface area contributed by atoms with Crippen LogP contribution in [-0.4, -0.2) is 38.4 Å². The molecular weight excluding hydrogens is 505 g/mol. The van der Waals surface area contributed by atoms with E-state index in [2.05, 4.69) is 15.5 Å². The predicted molar refractivity (Wildman–Crippen MR) is 118 cm³/mol. The Morgan fingerprint density at radius 1 is 1.26 bits per heavy atom. The van der Waals surface area contributed by atoms with Gasteiger partial charge < -0.3 is 26.6 Å². The molecule has 0 saturated carbocycles. The summed E-state index contributed by atoms with van der Waals surface area (Å²) in [4.78, 5) is 30.9. The number of aromatic nitrogens is 1. The van der Waals surface area contributed by atoms with Crippen molar-refractivity contribution in [3.05, 3.63) is 56.5 Å². The standard InChI is InChI=1S/C18H20ClF3N6O5S/c1-9-6-10(7-14(29)25-4-5-33-27-17(23)24)15(16(30)26-9)28-34(31,32)13-8-11(18(20,21)22)2-3-12(13)19/h2-3,6,8,28H,4-5,7H2,1H3,(H,25,29)(H,26,30)(H4,23,24,27). The molecule has 2 rings (SSSR count). The van der Waals surface area contributed by atoms with E-state index in [1.165, 1.54) is 13.0 Å². The average molecular weight is 525 g/mol. The van der Waals surface area contributed by atoms with E-state index >= 15 is 0 Å². The minimum atomic E-state index is -4.83. The first-order valence-corrected chi connectivity index (χ1v) is 11.2. The van der Waals surface area contributed by atoms with Crippen molar-refractivity contribution in [3.8, 4) is 0 Å². The van der Waals surface area contributed by atoms with Crippen LogP contribution in [0.2, 0.25) is 5.02 Å². The number of H-pyrrole nitrogens is 1. The molecule has 0 atom stereocenters. The quantitative estimate of drug-likeness (QED) is 0.140. The third kappa shape index (κ3) is 7.28. The summed E-state index contributed by atoms with van der Waals surface area (Å²) < 4.78 is 66.7. The summed E-state index contributed by atoms with van der Waals surface area (Å²) in [5.41, 5.74) is 7.71. The van der Waals surface area contributed by atoms with Crippen molar-refractivity contribution in [2.45, 2.75) is 24.4 Å². The summed E-state index contributed by atoms with van der Waals surface area (Å²) in [7, 11) is -4.74. The van der Waals surface area contributed by atoms with Crippen molar-refractivity contribution in [2.75, 3.05) is 17.9 Å². The van der Waals surface area contributed by atoms with Crippen molar-refractivity contribution in [2.24, 2.45) is 16.6 Å². The fourth-order valence-corrected chi connectivity index (χ4v) is 4.31. The Morgan fingerprint density at radius 3 is 2.56 bits per heavy atom. The number of alkyl halides is 3. The highest BCUT2D eigenvalue weighted by atomic mass is 35.5. The van der Waals surface area contributed by atoms with Crippen LogP contribution in [0.25, 0.3) is 0 Å². The number of aromatic amines is 1. The molecule has 186 valence electrons. The van der Waals surface area contributed by atoms with Gasteiger partial charge in [-0.3, -0.25) is 14.3 Å². The van der Waals surface area contributed by atoms with E-state index in [-0.39, 0.29) is 24.7 Å². The molecule has 0 aliphatic rings. The molecule has 0 aliphatic carbocycles. The highest BCUT2D eigenvalue weighted by molar-refractivity contribution is 7.92. The predicted octanol–water partition coefficient (Wildman–Crippen LogP) is 1.02. The number of guanidine groups is 1. The smallest absolute Gasteiger partial charge is 0.391 e. The lowest BCUT2D eigenvalue weighted by atomic mass is 10.1. The van der Waals surface area contributed by atoms with Crippen molar-refractivity contribution in [3.63, 3.8) is 0 Å². The third-order valence-corrected chi connectivity index (χ3v) is 5.90. The monoisotopic (exact) mass is 524 g/mol. The van der Waals surface area contributed by atoms with Crippen molar-refractivity contribution >= 4 is 39.2 Å². The molecule has 1 amide bonds. The average Bonchev–Trinajstić information content (AvgIpc) is 2.69. The molecule has 11 nitrogen and oxygen atoms in total. The molecule has 1 aromatic carbocycles. The van der Waals surface area contributed by atoms with Crippen LogP contribution in [0.3, 0.4) is 0 Å². The van der Waals surface area contributed by atoms with Gasteiger partial charge in [0, 0.05) is 5.69 Å². The highest BCUT2D eigenvalue weighted by Crippen LogP contribution is 2.34. The number of sulfonamides is 1. The van der Waals surface area contributed by atoms with Crippen LogP contribution in [0, 0.1) is 6.92 Å². The van der Waals surface area contributed by atoms with Crippen LogP contribution >= 0.6 is 11.6 Å². The second-order valence-corrected chi connectivity index (χ2v) is 8.86. The summed E-state index contributed by atoms with van der Waals surface area (Å²) in [6.07, 6.45) is -5.27. The van der Waals surface area contributed by atoms with E-state index in [1.54, 1.807) is 0 Å². The van der Waals surface area contributed by atoms with Crippen LogP contribution in [0.15, 0.2) is 39.1 Å². The first-order valence-electron chi connectivity index (χ1n) is 9.30. The van der Waals surface area contributed by atoms with E-state index in [9.17, 15) is 31.2 Å². The van der Waals surface area contributed by atoms with Gasteiger partial charge in [-0.15, -0.1) is 0 Å². The van der Waals surface area contributed by atoms with Gasteiger partial charge in [0.1, 0.15) is 17.2 Å². The molecule has 0 bridgehead atoms. The maximum atomic E-state index is 13.0. The van der Waals surface area contributed by atoms with Gasteiger partial charge in [0.05, 0.1) is 23.6 Å². The number of hydrogen-bond donors (Lipinski definition) is 5. The van der Waals surface area contributed by atoms with Gasteiger partial charge >= 0.3 is 6.18 Å². The van der Waals surface area contributed by atoms with Gasteiger partial charge in [-0.2, -0.15) is 13.2 Å². The molecule has 0 spiro atoms. The Bertz CT molecular complexity index is 1260. The maximum absolute atomic E-state index is 13.0. The van der Waals surface area contributed by atoms with Crippen LogP contribution in [0.4, 0.5) is 18.9 Å². The first-order chi connectivity index (χ1) is 15.7. The van der Waals surface area contributed by atoms with E-state index in [4.69, 9.17) is 27.9 Å². The zero-order valence-corrected chi connectivity index (χ0v) is 19.1. The maximum Gasteiger partial charge on any atom is 0.416 e. The number of nitrogens with two attached hydrogens (primary N) is 2. The van der Waals surface area contributed by atoms with Crippen LogP contribution < -0.4 is 27.1 Å². The molecule has 0 radical (unpaired) electrons. The lowest BCUT2D eigenvalue weighted by Gasteiger charge is -2.15. The molecule has 16 heteroatoms. The number of carbonyl (C=O) groups is 1. The number of halogens is 4. The van der Waals surface area contributed by atoms with Crippen molar-refractivity contribution < 1.29 is 31.2 Å². The molecule has 0 unspecified atom stereocenters. The van der Waals surface area contributed by atoms with Crippen molar-refractivity contribution in [1.82, 2.24) is 10.3 Å². The van der Waals surface area contributed by atoms with E-state index in [0.29, 0.717) is 17.8 Å². The van der Waals surface area contributed by atoms with E-state index in [0.717, 1.165) is 6.07 Å². The number of hydrogen-bond acceptors (Lipinski definition) is 6.